The molecular formula is C16H20N2O2S. The Morgan fingerprint density at radius 2 is 2.14 bits per heavy atom. The minimum atomic E-state index is -0.457. The van der Waals surface area contributed by atoms with Crippen LogP contribution in [0.15, 0.2) is 30.3 Å². The minimum Gasteiger partial charge on any atom is -0.393 e. The number of carbonyl (C=O) groups is 1. The second-order valence-electron chi connectivity index (χ2n) is 5.87. The Bertz CT molecular complexity index is 534. The maximum atomic E-state index is 12.5. The number of ether oxygens (including phenoxy) is 1. The van der Waals surface area contributed by atoms with Gasteiger partial charge in [0.2, 0.25) is 5.91 Å². The number of fused-ring (bicyclic) bond motifs is 2. The molecule has 1 aromatic carbocycles. The fourth-order valence-electron chi connectivity index (χ4n) is 3.25. The van der Waals surface area contributed by atoms with Crippen LogP contribution < -0.4 is 11.1 Å². The van der Waals surface area contributed by atoms with E-state index in [1.165, 1.54) is 0 Å². The molecule has 1 aromatic rings. The van der Waals surface area contributed by atoms with E-state index in [9.17, 15) is 4.79 Å². The molecule has 5 heteroatoms. The number of thiocarbonyl (C=S) groups is 1. The van der Waals surface area contributed by atoms with Crippen LogP contribution >= 0.6 is 12.2 Å². The number of carbonyl (C=O) groups excluding carboxylic acids is 1. The lowest BCUT2D eigenvalue weighted by atomic mass is 9.93. The van der Waals surface area contributed by atoms with E-state index in [1.807, 2.05) is 30.3 Å². The van der Waals surface area contributed by atoms with Crippen molar-refractivity contribution in [3.8, 4) is 0 Å². The fourth-order valence-corrected chi connectivity index (χ4v) is 3.44. The third kappa shape index (κ3) is 3.24. The monoisotopic (exact) mass is 304 g/mol. The Morgan fingerprint density at radius 3 is 2.71 bits per heavy atom. The van der Waals surface area contributed by atoms with Gasteiger partial charge < -0.3 is 15.8 Å². The van der Waals surface area contributed by atoms with Gasteiger partial charge in [-0.05, 0) is 31.2 Å². The van der Waals surface area contributed by atoms with Crippen molar-refractivity contribution in [2.24, 2.45) is 11.7 Å². The van der Waals surface area contributed by atoms with Crippen molar-refractivity contribution in [1.82, 2.24) is 5.32 Å². The number of nitrogens with one attached hydrogen (secondary N) is 1. The van der Waals surface area contributed by atoms with E-state index < -0.39 is 5.92 Å². The Hall–Kier alpha value is -1.46. The topological polar surface area (TPSA) is 64.4 Å². The summed E-state index contributed by atoms with van der Waals surface area (Å²) in [7, 11) is 0. The summed E-state index contributed by atoms with van der Waals surface area (Å²) >= 11 is 5.09. The normalized spacial score (nSPS) is 28.3. The number of nitrogens with two attached hydrogens (primary N) is 1. The summed E-state index contributed by atoms with van der Waals surface area (Å²) in [6.07, 6.45) is 4.08. The molecule has 112 valence electrons. The van der Waals surface area contributed by atoms with Crippen LogP contribution in [0.3, 0.4) is 0 Å². The molecule has 2 saturated heterocycles. The maximum absolute atomic E-state index is 12.5. The zero-order valence-corrected chi connectivity index (χ0v) is 12.6. The third-order valence-corrected chi connectivity index (χ3v) is 4.66. The lowest BCUT2D eigenvalue weighted by Crippen LogP contribution is -2.47. The lowest BCUT2D eigenvalue weighted by molar-refractivity contribution is -0.124. The first-order valence-electron chi connectivity index (χ1n) is 7.42. The van der Waals surface area contributed by atoms with Crippen LogP contribution in [0.25, 0.3) is 0 Å². The van der Waals surface area contributed by atoms with E-state index in [-0.39, 0.29) is 23.0 Å². The van der Waals surface area contributed by atoms with Gasteiger partial charge in [0.15, 0.2) is 0 Å². The van der Waals surface area contributed by atoms with Crippen molar-refractivity contribution in [3.05, 3.63) is 35.9 Å². The number of hydrogen-bond acceptors (Lipinski definition) is 3. The molecule has 4 unspecified atom stereocenters. The molecule has 0 spiro atoms. The summed E-state index contributed by atoms with van der Waals surface area (Å²) in [5, 5.41) is 3.08. The molecule has 2 aliphatic heterocycles. The van der Waals surface area contributed by atoms with Gasteiger partial charge in [0.05, 0.1) is 29.2 Å². The third-order valence-electron chi connectivity index (χ3n) is 4.38. The van der Waals surface area contributed by atoms with E-state index in [4.69, 9.17) is 22.7 Å². The van der Waals surface area contributed by atoms with Crippen molar-refractivity contribution in [1.29, 1.82) is 0 Å². The van der Waals surface area contributed by atoms with Gasteiger partial charge in [-0.3, -0.25) is 4.79 Å². The van der Waals surface area contributed by atoms with Crippen molar-refractivity contribution in [2.75, 3.05) is 0 Å². The predicted octanol–water partition coefficient (Wildman–Crippen LogP) is 1.57. The van der Waals surface area contributed by atoms with Crippen molar-refractivity contribution >= 4 is 23.1 Å². The van der Waals surface area contributed by atoms with Crippen LogP contribution in [0, 0.1) is 5.92 Å². The largest absolute Gasteiger partial charge is 0.393 e. The predicted molar refractivity (Wildman–Crippen MR) is 84.9 cm³/mol. The van der Waals surface area contributed by atoms with Crippen molar-refractivity contribution in [3.63, 3.8) is 0 Å². The van der Waals surface area contributed by atoms with Crippen LogP contribution in [-0.4, -0.2) is 29.1 Å². The molecule has 3 rings (SSSR count). The summed E-state index contributed by atoms with van der Waals surface area (Å²) in [5.41, 5.74) is 6.84. The van der Waals surface area contributed by atoms with Crippen molar-refractivity contribution < 1.29 is 9.53 Å². The molecule has 0 saturated carbocycles. The lowest BCUT2D eigenvalue weighted by Gasteiger charge is -2.23. The highest BCUT2D eigenvalue weighted by atomic mass is 32.1. The van der Waals surface area contributed by atoms with Gasteiger partial charge in [-0.2, -0.15) is 0 Å². The molecule has 3 N–H and O–H groups in total. The second-order valence-corrected chi connectivity index (χ2v) is 6.34. The minimum absolute atomic E-state index is 0.0764. The average Bonchev–Trinajstić information content (AvgIpc) is 3.08. The quantitative estimate of drug-likeness (QED) is 0.811. The van der Waals surface area contributed by atoms with Crippen LogP contribution in [0.5, 0.6) is 0 Å². The van der Waals surface area contributed by atoms with Crippen LogP contribution in [0.4, 0.5) is 0 Å². The van der Waals surface area contributed by atoms with Gasteiger partial charge in [0.1, 0.15) is 0 Å². The molecule has 0 aromatic heterocycles. The first kappa shape index (κ1) is 14.5. The number of hydrogen-bond donors (Lipinski definition) is 2. The molecule has 2 bridgehead atoms. The molecule has 1 amide bonds. The van der Waals surface area contributed by atoms with E-state index in [0.29, 0.717) is 12.5 Å². The fraction of sp³-hybridized carbons (Fsp3) is 0.500. The average molecular weight is 304 g/mol. The van der Waals surface area contributed by atoms with Crippen LogP contribution in [-0.2, 0) is 16.0 Å². The van der Waals surface area contributed by atoms with E-state index in [2.05, 4.69) is 5.32 Å². The smallest absolute Gasteiger partial charge is 0.230 e. The molecule has 0 aliphatic carbocycles. The number of rotatable bonds is 5. The first-order valence-corrected chi connectivity index (χ1v) is 7.83. The van der Waals surface area contributed by atoms with Crippen LogP contribution in [0.1, 0.15) is 24.8 Å². The number of amides is 1. The molecule has 21 heavy (non-hydrogen) atoms. The van der Waals surface area contributed by atoms with Crippen LogP contribution in [0.2, 0.25) is 0 Å². The Balaban J connectivity index is 1.63. The molecule has 4 atom stereocenters. The zero-order valence-electron chi connectivity index (χ0n) is 11.8. The number of benzene rings is 1. The summed E-state index contributed by atoms with van der Waals surface area (Å²) < 4.78 is 5.77. The highest BCUT2D eigenvalue weighted by Gasteiger charge is 2.42. The summed E-state index contributed by atoms with van der Waals surface area (Å²) in [5.74, 6) is -0.533. The summed E-state index contributed by atoms with van der Waals surface area (Å²) in [6.45, 7) is 0. The van der Waals surface area contributed by atoms with Gasteiger partial charge in [0.25, 0.3) is 0 Å². The van der Waals surface area contributed by atoms with Crippen molar-refractivity contribution in [2.45, 2.75) is 43.9 Å². The molecule has 2 fully saturated rings. The zero-order chi connectivity index (χ0) is 14.8. The Morgan fingerprint density at radius 1 is 1.38 bits per heavy atom. The highest BCUT2D eigenvalue weighted by Crippen LogP contribution is 2.34. The molecular weight excluding hydrogens is 284 g/mol. The van der Waals surface area contributed by atoms with Gasteiger partial charge in [-0.1, -0.05) is 42.5 Å². The molecule has 2 heterocycles. The van der Waals surface area contributed by atoms with E-state index >= 15 is 0 Å². The standard InChI is InChI=1S/C16H20N2O2S/c17-15(21)12(8-10-4-2-1-3-5-10)16(19)18-13-9-11-6-7-14(13)20-11/h1-5,11-14H,6-9H2,(H2,17,21)(H,18,19). The Labute approximate surface area is 130 Å². The molecule has 2 aliphatic rings. The summed E-state index contributed by atoms with van der Waals surface area (Å²) in [6, 6.07) is 9.94. The van der Waals surface area contributed by atoms with Gasteiger partial charge in [0, 0.05) is 0 Å². The van der Waals surface area contributed by atoms with E-state index in [1.54, 1.807) is 0 Å². The molecule has 0 radical (unpaired) electrons. The highest BCUT2D eigenvalue weighted by molar-refractivity contribution is 7.80. The molecule has 4 nitrogen and oxygen atoms in total. The first-order chi connectivity index (χ1) is 10.1. The SMILES string of the molecule is NC(=S)C(Cc1ccccc1)C(=O)NC1CC2CCC1O2. The Kier molecular flexibility index (Phi) is 4.22. The maximum Gasteiger partial charge on any atom is 0.230 e. The summed E-state index contributed by atoms with van der Waals surface area (Å²) in [4.78, 5) is 12.7. The van der Waals surface area contributed by atoms with E-state index in [0.717, 1.165) is 24.8 Å². The van der Waals surface area contributed by atoms with Gasteiger partial charge in [-0.15, -0.1) is 0 Å². The second kappa shape index (κ2) is 6.12. The van der Waals surface area contributed by atoms with Gasteiger partial charge in [-0.25, -0.2) is 0 Å². The van der Waals surface area contributed by atoms with Gasteiger partial charge >= 0.3 is 0 Å².